The molecule has 1 amide bonds. The maximum Gasteiger partial charge on any atom is 0.249 e. The fraction of sp³-hybridized carbons (Fsp3) is 0.944. The lowest BCUT2D eigenvalue weighted by molar-refractivity contribution is -0.132. The number of nitrogens with one attached hydrogen (secondary N) is 1. The van der Waals surface area contributed by atoms with Gasteiger partial charge in [-0.15, -0.1) is 0 Å². The summed E-state index contributed by atoms with van der Waals surface area (Å²) in [7, 11) is 1.81. The Morgan fingerprint density at radius 2 is 1.96 bits per heavy atom. The van der Waals surface area contributed by atoms with E-state index in [1.54, 1.807) is 0 Å². The zero-order chi connectivity index (χ0) is 17.0. The second-order valence-corrected chi connectivity index (χ2v) is 7.63. The minimum atomic E-state index is -0.309. The Bertz CT molecular complexity index is 418. The number of ether oxygens (including phenoxy) is 2. The highest BCUT2D eigenvalue weighted by Gasteiger charge is 2.42. The molecule has 2 aliphatic heterocycles. The van der Waals surface area contributed by atoms with Crippen molar-refractivity contribution < 1.29 is 14.3 Å². The van der Waals surface area contributed by atoms with Crippen molar-refractivity contribution in [2.75, 3.05) is 33.3 Å². The van der Waals surface area contributed by atoms with Crippen LogP contribution in [0.3, 0.4) is 0 Å². The zero-order valence-electron chi connectivity index (χ0n) is 15.0. The van der Waals surface area contributed by atoms with Crippen LogP contribution in [0.5, 0.6) is 0 Å². The summed E-state index contributed by atoms with van der Waals surface area (Å²) in [5.41, 5.74) is 5.78. The molecule has 3 N–H and O–H groups in total. The van der Waals surface area contributed by atoms with Gasteiger partial charge in [-0.2, -0.15) is 0 Å². The lowest BCUT2D eigenvalue weighted by Gasteiger charge is -2.45. The molecule has 0 unspecified atom stereocenters. The normalized spacial score (nSPS) is 31.4. The average molecular weight is 339 g/mol. The van der Waals surface area contributed by atoms with Gasteiger partial charge >= 0.3 is 0 Å². The highest BCUT2D eigenvalue weighted by Crippen LogP contribution is 2.37. The van der Waals surface area contributed by atoms with E-state index >= 15 is 0 Å². The number of rotatable bonds is 6. The Morgan fingerprint density at radius 3 is 2.54 bits per heavy atom. The third-order valence-corrected chi connectivity index (χ3v) is 6.23. The van der Waals surface area contributed by atoms with Crippen LogP contribution in [-0.4, -0.2) is 67.9 Å². The molecule has 0 aromatic rings. The van der Waals surface area contributed by atoms with E-state index in [2.05, 4.69) is 10.2 Å². The molecule has 1 aliphatic carbocycles. The van der Waals surface area contributed by atoms with Gasteiger partial charge in [0.1, 0.15) is 6.10 Å². The summed E-state index contributed by atoms with van der Waals surface area (Å²) < 4.78 is 11.2. The van der Waals surface area contributed by atoms with Crippen molar-refractivity contribution in [2.45, 2.75) is 75.2 Å². The Labute approximate surface area is 145 Å². The number of hydrogen-bond acceptors (Lipinski definition) is 5. The standard InChI is InChI=1S/C18H33N3O3/c1-23-14-6-10-21(11-7-14)18(8-2-3-9-18)13-20-17(22)16-5-4-15(12-19)24-16/h14-16H,2-13,19H2,1H3,(H,20,22)/t15-,16+/m1/s1. The van der Waals surface area contributed by atoms with Crippen molar-refractivity contribution >= 4 is 5.91 Å². The zero-order valence-corrected chi connectivity index (χ0v) is 15.0. The Kier molecular flexibility index (Phi) is 6.13. The monoisotopic (exact) mass is 339 g/mol. The summed E-state index contributed by atoms with van der Waals surface area (Å²) in [6.07, 6.45) is 8.89. The van der Waals surface area contributed by atoms with Crippen LogP contribution in [0.25, 0.3) is 0 Å². The molecule has 3 aliphatic rings. The molecule has 2 heterocycles. The molecule has 0 spiro atoms. The van der Waals surface area contributed by atoms with E-state index in [1.165, 1.54) is 25.7 Å². The van der Waals surface area contributed by atoms with Crippen molar-refractivity contribution in [1.29, 1.82) is 0 Å². The van der Waals surface area contributed by atoms with Crippen LogP contribution in [0.4, 0.5) is 0 Å². The summed E-state index contributed by atoms with van der Waals surface area (Å²) in [5.74, 6) is 0.0454. The third kappa shape index (κ3) is 3.93. The van der Waals surface area contributed by atoms with Crippen LogP contribution in [0.1, 0.15) is 51.4 Å². The molecule has 3 rings (SSSR count). The highest BCUT2D eigenvalue weighted by molar-refractivity contribution is 5.81. The number of nitrogens with zero attached hydrogens (tertiary/aromatic N) is 1. The van der Waals surface area contributed by atoms with Gasteiger partial charge in [-0.1, -0.05) is 12.8 Å². The SMILES string of the molecule is COC1CCN(C2(CNC(=O)[C@@H]3CC[C@H](CN)O3)CCCC2)CC1. The number of nitrogens with two attached hydrogens (primary N) is 1. The van der Waals surface area contributed by atoms with Gasteiger partial charge in [0.05, 0.1) is 12.2 Å². The molecule has 3 fully saturated rings. The van der Waals surface area contributed by atoms with Gasteiger partial charge in [-0.3, -0.25) is 9.69 Å². The first-order chi connectivity index (χ1) is 11.7. The summed E-state index contributed by atoms with van der Waals surface area (Å²) in [6.45, 7) is 3.39. The second-order valence-electron chi connectivity index (χ2n) is 7.63. The Hall–Kier alpha value is -0.690. The van der Waals surface area contributed by atoms with E-state index in [0.717, 1.165) is 45.3 Å². The van der Waals surface area contributed by atoms with E-state index in [1.807, 2.05) is 7.11 Å². The number of carbonyl (C=O) groups is 1. The molecule has 2 atom stereocenters. The predicted octanol–water partition coefficient (Wildman–Crippen LogP) is 1.03. The van der Waals surface area contributed by atoms with Crippen LogP contribution >= 0.6 is 0 Å². The third-order valence-electron chi connectivity index (χ3n) is 6.23. The number of amides is 1. The highest BCUT2D eigenvalue weighted by atomic mass is 16.5. The molecular weight excluding hydrogens is 306 g/mol. The smallest absolute Gasteiger partial charge is 0.249 e. The van der Waals surface area contributed by atoms with Crippen molar-refractivity contribution in [3.63, 3.8) is 0 Å². The topological polar surface area (TPSA) is 76.8 Å². The van der Waals surface area contributed by atoms with Crippen molar-refractivity contribution in [3.05, 3.63) is 0 Å². The Morgan fingerprint density at radius 1 is 1.25 bits per heavy atom. The first-order valence-electron chi connectivity index (χ1n) is 9.58. The van der Waals surface area contributed by atoms with E-state index in [4.69, 9.17) is 15.2 Å². The molecule has 138 valence electrons. The van der Waals surface area contributed by atoms with E-state index < -0.39 is 0 Å². The van der Waals surface area contributed by atoms with Gasteiger partial charge in [0.25, 0.3) is 0 Å². The Balaban J connectivity index is 1.53. The minimum Gasteiger partial charge on any atom is -0.381 e. The van der Waals surface area contributed by atoms with Gasteiger partial charge < -0.3 is 20.5 Å². The number of hydrogen-bond donors (Lipinski definition) is 2. The molecule has 0 bridgehead atoms. The number of likely N-dealkylation sites (tertiary alicyclic amines) is 1. The summed E-state index contributed by atoms with van der Waals surface area (Å²) >= 11 is 0. The van der Waals surface area contributed by atoms with Gasteiger partial charge in [-0.25, -0.2) is 0 Å². The molecule has 0 radical (unpaired) electrons. The van der Waals surface area contributed by atoms with Gasteiger partial charge in [0.2, 0.25) is 5.91 Å². The largest absolute Gasteiger partial charge is 0.381 e. The lowest BCUT2D eigenvalue weighted by atomic mass is 9.91. The molecule has 6 heteroatoms. The van der Waals surface area contributed by atoms with Crippen LogP contribution in [-0.2, 0) is 14.3 Å². The summed E-state index contributed by atoms with van der Waals surface area (Å²) in [4.78, 5) is 15.1. The lowest BCUT2D eigenvalue weighted by Crippen LogP contribution is -2.57. The summed E-state index contributed by atoms with van der Waals surface area (Å²) in [5, 5.41) is 3.20. The van der Waals surface area contributed by atoms with Crippen molar-refractivity contribution in [3.8, 4) is 0 Å². The fourth-order valence-electron chi connectivity index (χ4n) is 4.64. The van der Waals surface area contributed by atoms with Crippen LogP contribution in [0.15, 0.2) is 0 Å². The van der Waals surface area contributed by atoms with Crippen molar-refractivity contribution in [2.24, 2.45) is 5.73 Å². The van der Waals surface area contributed by atoms with Gasteiger partial charge in [-0.05, 0) is 38.5 Å². The minimum absolute atomic E-state index is 0.0454. The van der Waals surface area contributed by atoms with Crippen LogP contribution in [0, 0.1) is 0 Å². The maximum atomic E-state index is 12.5. The average Bonchev–Trinajstić information content (AvgIpc) is 3.30. The number of carbonyl (C=O) groups excluding carboxylic acids is 1. The molecule has 24 heavy (non-hydrogen) atoms. The summed E-state index contributed by atoms with van der Waals surface area (Å²) in [6, 6.07) is 0. The fourth-order valence-corrected chi connectivity index (χ4v) is 4.64. The first-order valence-corrected chi connectivity index (χ1v) is 9.58. The van der Waals surface area contributed by atoms with Crippen LogP contribution < -0.4 is 11.1 Å². The van der Waals surface area contributed by atoms with E-state index in [0.29, 0.717) is 12.6 Å². The molecule has 2 saturated heterocycles. The predicted molar refractivity (Wildman–Crippen MR) is 92.8 cm³/mol. The first kappa shape index (κ1) is 18.1. The molecule has 6 nitrogen and oxygen atoms in total. The maximum absolute atomic E-state index is 12.5. The number of piperidine rings is 1. The molecule has 0 aromatic heterocycles. The quantitative estimate of drug-likeness (QED) is 0.756. The molecule has 1 saturated carbocycles. The van der Waals surface area contributed by atoms with Gasteiger partial charge in [0.15, 0.2) is 0 Å². The molecule has 0 aromatic carbocycles. The second kappa shape index (κ2) is 8.13. The number of methoxy groups -OCH3 is 1. The molecular formula is C18H33N3O3. The van der Waals surface area contributed by atoms with Crippen molar-refractivity contribution in [1.82, 2.24) is 10.2 Å². The van der Waals surface area contributed by atoms with Crippen LogP contribution in [0.2, 0.25) is 0 Å². The van der Waals surface area contributed by atoms with E-state index in [-0.39, 0.29) is 23.7 Å². The van der Waals surface area contributed by atoms with E-state index in [9.17, 15) is 4.79 Å². The van der Waals surface area contributed by atoms with Gasteiger partial charge in [0, 0.05) is 38.8 Å².